The summed E-state index contributed by atoms with van der Waals surface area (Å²) in [7, 11) is -3.77. The average Bonchev–Trinajstić information content (AvgIpc) is 2.71. The third-order valence-electron chi connectivity index (χ3n) is 2.60. The predicted octanol–water partition coefficient (Wildman–Crippen LogP) is 3.48. The molecular formula is C12H10Br2N2O3S2. The van der Waals surface area contributed by atoms with Gasteiger partial charge in [-0.25, -0.2) is 13.6 Å². The average molecular weight is 454 g/mol. The molecule has 0 spiro atoms. The molecule has 0 saturated heterocycles. The second-order valence-corrected chi connectivity index (χ2v) is 8.99. The number of rotatable bonds is 3. The standard InChI is InChI=1S/C12H10Br2N2O3S2/c1-6-4-10(20-11(6)14)12(17)16-9-3-2-7(5-8(9)13)21(15,18)19/h2-5H,1H3,(H,16,17)(H2,15,18,19). The first-order valence-electron chi connectivity index (χ1n) is 5.58. The monoisotopic (exact) mass is 452 g/mol. The summed E-state index contributed by atoms with van der Waals surface area (Å²) in [4.78, 5) is 12.7. The summed E-state index contributed by atoms with van der Waals surface area (Å²) in [6.45, 7) is 1.90. The first-order valence-corrected chi connectivity index (χ1v) is 9.53. The van der Waals surface area contributed by atoms with Crippen molar-refractivity contribution in [1.29, 1.82) is 0 Å². The van der Waals surface area contributed by atoms with Crippen molar-refractivity contribution in [3.8, 4) is 0 Å². The second kappa shape index (κ2) is 6.17. The highest BCUT2D eigenvalue weighted by Gasteiger charge is 2.15. The van der Waals surface area contributed by atoms with E-state index in [0.29, 0.717) is 15.0 Å². The third kappa shape index (κ3) is 3.92. The number of benzene rings is 1. The number of nitrogens with one attached hydrogen (secondary N) is 1. The molecule has 0 radical (unpaired) electrons. The molecule has 0 aliphatic rings. The Kier molecular flexibility index (Phi) is 4.89. The van der Waals surface area contributed by atoms with Gasteiger partial charge in [-0.05, 0) is 68.6 Å². The Morgan fingerprint density at radius 3 is 2.43 bits per heavy atom. The van der Waals surface area contributed by atoms with E-state index in [1.54, 1.807) is 6.07 Å². The molecule has 9 heteroatoms. The lowest BCUT2D eigenvalue weighted by molar-refractivity contribution is 0.103. The summed E-state index contributed by atoms with van der Waals surface area (Å²) in [6, 6.07) is 5.94. The summed E-state index contributed by atoms with van der Waals surface area (Å²) < 4.78 is 23.8. The van der Waals surface area contributed by atoms with Gasteiger partial charge in [0, 0.05) is 4.47 Å². The third-order valence-corrected chi connectivity index (χ3v) is 6.30. The van der Waals surface area contributed by atoms with Gasteiger partial charge in [-0.1, -0.05) is 0 Å². The van der Waals surface area contributed by atoms with Gasteiger partial charge in [-0.2, -0.15) is 0 Å². The summed E-state index contributed by atoms with van der Waals surface area (Å²) in [6.07, 6.45) is 0. The fourth-order valence-electron chi connectivity index (χ4n) is 1.53. The van der Waals surface area contributed by atoms with E-state index in [9.17, 15) is 13.2 Å². The first kappa shape index (κ1) is 16.6. The van der Waals surface area contributed by atoms with Gasteiger partial charge in [0.1, 0.15) is 0 Å². The largest absolute Gasteiger partial charge is 0.320 e. The van der Waals surface area contributed by atoms with Crippen molar-refractivity contribution >= 4 is 64.8 Å². The highest BCUT2D eigenvalue weighted by molar-refractivity contribution is 9.11. The number of thiophene rings is 1. The molecule has 5 nitrogen and oxygen atoms in total. The molecule has 1 aromatic carbocycles. The van der Waals surface area contributed by atoms with Crippen LogP contribution in [0.3, 0.4) is 0 Å². The molecule has 0 bridgehead atoms. The molecule has 1 heterocycles. The minimum atomic E-state index is -3.77. The molecule has 21 heavy (non-hydrogen) atoms. The molecule has 2 aromatic rings. The zero-order valence-electron chi connectivity index (χ0n) is 10.7. The van der Waals surface area contributed by atoms with E-state index in [-0.39, 0.29) is 10.8 Å². The number of hydrogen-bond donors (Lipinski definition) is 2. The van der Waals surface area contributed by atoms with Gasteiger partial charge in [-0.15, -0.1) is 11.3 Å². The van der Waals surface area contributed by atoms with E-state index >= 15 is 0 Å². The number of sulfonamides is 1. The number of hydrogen-bond acceptors (Lipinski definition) is 4. The second-order valence-electron chi connectivity index (χ2n) is 4.21. The van der Waals surface area contributed by atoms with Crippen LogP contribution in [0, 0.1) is 6.92 Å². The van der Waals surface area contributed by atoms with E-state index in [1.807, 2.05) is 6.92 Å². The normalized spacial score (nSPS) is 11.4. The molecule has 0 aliphatic carbocycles. The van der Waals surface area contributed by atoms with Gasteiger partial charge < -0.3 is 5.32 Å². The fourth-order valence-corrected chi connectivity index (χ4v) is 4.13. The molecule has 112 valence electrons. The quantitative estimate of drug-likeness (QED) is 0.745. The molecule has 1 amide bonds. The van der Waals surface area contributed by atoms with Crippen molar-refractivity contribution in [2.24, 2.45) is 5.14 Å². The van der Waals surface area contributed by atoms with Crippen LogP contribution in [0.4, 0.5) is 5.69 Å². The Hall–Kier alpha value is -0.740. The zero-order chi connectivity index (χ0) is 15.8. The van der Waals surface area contributed by atoms with Gasteiger partial charge >= 0.3 is 0 Å². The SMILES string of the molecule is Cc1cc(C(=O)Nc2ccc(S(N)(=O)=O)cc2Br)sc1Br. The molecule has 3 N–H and O–H groups in total. The number of carbonyl (C=O) groups is 1. The van der Waals surface area contributed by atoms with Crippen molar-refractivity contribution in [2.45, 2.75) is 11.8 Å². The molecule has 0 fully saturated rings. The van der Waals surface area contributed by atoms with Crippen molar-refractivity contribution < 1.29 is 13.2 Å². The Labute approximate surface area is 142 Å². The number of carbonyl (C=O) groups excluding carboxylic acids is 1. The van der Waals surface area contributed by atoms with Crippen LogP contribution in [0.25, 0.3) is 0 Å². The Morgan fingerprint density at radius 1 is 1.29 bits per heavy atom. The topological polar surface area (TPSA) is 89.3 Å². The molecule has 2 rings (SSSR count). The van der Waals surface area contributed by atoms with Crippen LogP contribution in [-0.2, 0) is 10.0 Å². The number of aryl methyl sites for hydroxylation is 1. The number of nitrogens with two attached hydrogens (primary N) is 1. The van der Waals surface area contributed by atoms with Gasteiger partial charge in [-0.3, -0.25) is 4.79 Å². The number of halogens is 2. The molecule has 0 unspecified atom stereocenters. The lowest BCUT2D eigenvalue weighted by Crippen LogP contribution is -2.13. The van der Waals surface area contributed by atoms with Gasteiger partial charge in [0.15, 0.2) is 0 Å². The van der Waals surface area contributed by atoms with Crippen LogP contribution in [0.15, 0.2) is 37.4 Å². The van der Waals surface area contributed by atoms with E-state index in [1.165, 1.54) is 29.5 Å². The lowest BCUT2D eigenvalue weighted by Gasteiger charge is -2.07. The molecular weight excluding hydrogens is 444 g/mol. The van der Waals surface area contributed by atoms with Gasteiger partial charge in [0.25, 0.3) is 5.91 Å². The fraction of sp³-hybridized carbons (Fsp3) is 0.0833. The van der Waals surface area contributed by atoms with Crippen LogP contribution in [0.1, 0.15) is 15.2 Å². The van der Waals surface area contributed by atoms with E-state index < -0.39 is 10.0 Å². The maximum atomic E-state index is 12.1. The van der Waals surface area contributed by atoms with Crippen LogP contribution in [-0.4, -0.2) is 14.3 Å². The van der Waals surface area contributed by atoms with Crippen LogP contribution in [0.2, 0.25) is 0 Å². The molecule has 1 aromatic heterocycles. The molecule has 0 atom stereocenters. The summed E-state index contributed by atoms with van der Waals surface area (Å²) in [5.74, 6) is -0.266. The maximum absolute atomic E-state index is 12.1. The Morgan fingerprint density at radius 2 is 1.95 bits per heavy atom. The Balaban J connectivity index is 2.26. The highest BCUT2D eigenvalue weighted by atomic mass is 79.9. The van der Waals surface area contributed by atoms with Crippen molar-refractivity contribution in [1.82, 2.24) is 0 Å². The summed E-state index contributed by atoms with van der Waals surface area (Å²) >= 11 is 7.91. The van der Waals surface area contributed by atoms with Gasteiger partial charge in [0.05, 0.1) is 19.2 Å². The lowest BCUT2D eigenvalue weighted by atomic mass is 10.3. The minimum Gasteiger partial charge on any atom is -0.320 e. The number of anilines is 1. The van der Waals surface area contributed by atoms with Gasteiger partial charge in [0.2, 0.25) is 10.0 Å². The smallest absolute Gasteiger partial charge is 0.265 e. The predicted molar refractivity (Wildman–Crippen MR) is 90.2 cm³/mol. The number of primary sulfonamides is 1. The van der Waals surface area contributed by atoms with Crippen molar-refractivity contribution in [3.05, 3.63) is 43.0 Å². The molecule has 0 aliphatic heterocycles. The van der Waals surface area contributed by atoms with Crippen molar-refractivity contribution in [3.63, 3.8) is 0 Å². The van der Waals surface area contributed by atoms with E-state index in [4.69, 9.17) is 5.14 Å². The number of amides is 1. The summed E-state index contributed by atoms with van der Waals surface area (Å²) in [5.41, 5.74) is 1.45. The minimum absolute atomic E-state index is 0.0258. The van der Waals surface area contributed by atoms with Crippen LogP contribution >= 0.6 is 43.2 Å². The Bertz CT molecular complexity index is 796. The van der Waals surface area contributed by atoms with Crippen molar-refractivity contribution in [2.75, 3.05) is 5.32 Å². The molecule has 0 saturated carbocycles. The zero-order valence-corrected chi connectivity index (χ0v) is 15.5. The van der Waals surface area contributed by atoms with E-state index in [2.05, 4.69) is 37.2 Å². The van der Waals surface area contributed by atoms with Crippen LogP contribution in [0.5, 0.6) is 0 Å². The van der Waals surface area contributed by atoms with E-state index in [0.717, 1.165) is 9.35 Å². The first-order chi connectivity index (χ1) is 9.68. The highest BCUT2D eigenvalue weighted by Crippen LogP contribution is 2.30. The maximum Gasteiger partial charge on any atom is 0.265 e. The summed E-state index contributed by atoms with van der Waals surface area (Å²) in [5, 5.41) is 7.76. The van der Waals surface area contributed by atoms with Crippen LogP contribution < -0.4 is 10.5 Å².